The van der Waals surface area contributed by atoms with E-state index < -0.39 is 12.2 Å². The Balaban J connectivity index is 4.24. The smallest absolute Gasteiger partial charge is 0.236 e. The molecule has 0 aromatic carbocycles. The van der Waals surface area contributed by atoms with E-state index in [2.05, 4.69) is 0 Å². The fourth-order valence-corrected chi connectivity index (χ4v) is 1.10. The van der Waals surface area contributed by atoms with Crippen molar-refractivity contribution in [3.8, 4) is 6.07 Å². The van der Waals surface area contributed by atoms with Gasteiger partial charge in [-0.3, -0.25) is 4.79 Å². The van der Waals surface area contributed by atoms with Gasteiger partial charge in [-0.05, 0) is 13.8 Å². The van der Waals surface area contributed by atoms with E-state index in [1.165, 1.54) is 4.90 Å². The molecule has 0 aliphatic rings. The summed E-state index contributed by atoms with van der Waals surface area (Å²) in [7, 11) is 0. The molecule has 0 saturated heterocycles. The third-order valence-corrected chi connectivity index (χ3v) is 1.55. The molecule has 0 aromatic heterocycles. The number of nitrogens with zero attached hydrogens (tertiary/aromatic N) is 2. The van der Waals surface area contributed by atoms with Gasteiger partial charge in [0.15, 0.2) is 0 Å². The summed E-state index contributed by atoms with van der Waals surface area (Å²) in [5, 5.41) is 26.5. The number of carbonyl (C=O) groups excluding carboxylic acids is 1. The summed E-state index contributed by atoms with van der Waals surface area (Å²) in [6.45, 7) is 3.39. The molecular weight excluding hydrogens is 184 g/mol. The minimum absolute atomic E-state index is 0.144. The lowest BCUT2D eigenvalue weighted by Crippen LogP contribution is -2.40. The quantitative estimate of drug-likeness (QED) is 0.626. The van der Waals surface area contributed by atoms with Gasteiger partial charge in [0.25, 0.3) is 0 Å². The molecule has 0 aromatic rings. The lowest BCUT2D eigenvalue weighted by molar-refractivity contribution is -0.132. The molecule has 2 atom stereocenters. The molecule has 0 radical (unpaired) electrons. The highest BCUT2D eigenvalue weighted by Gasteiger charge is 2.16. The molecule has 2 unspecified atom stereocenters. The van der Waals surface area contributed by atoms with Crippen molar-refractivity contribution in [1.82, 2.24) is 4.90 Å². The Bertz CT molecular complexity index is 211. The third kappa shape index (κ3) is 5.51. The molecule has 0 fully saturated rings. The lowest BCUT2D eigenvalue weighted by Gasteiger charge is -2.24. The van der Waals surface area contributed by atoms with Crippen LogP contribution >= 0.6 is 0 Å². The predicted octanol–water partition coefficient (Wildman–Crippen LogP) is -0.510. The second-order valence-corrected chi connectivity index (χ2v) is 3.33. The first kappa shape index (κ1) is 12.9. The second-order valence-electron chi connectivity index (χ2n) is 3.33. The summed E-state index contributed by atoms with van der Waals surface area (Å²) in [6, 6.07) is 1.74. The van der Waals surface area contributed by atoms with Crippen molar-refractivity contribution in [2.24, 2.45) is 0 Å². The molecule has 0 saturated carbocycles. The van der Waals surface area contributed by atoms with E-state index in [0.29, 0.717) is 0 Å². The van der Waals surface area contributed by atoms with E-state index in [0.717, 1.165) is 0 Å². The molecule has 2 N–H and O–H groups in total. The summed E-state index contributed by atoms with van der Waals surface area (Å²) in [6.07, 6.45) is -1.54. The number of hydrogen-bond donors (Lipinski definition) is 2. The molecule has 5 heteroatoms. The maximum absolute atomic E-state index is 11.3. The van der Waals surface area contributed by atoms with Crippen molar-refractivity contribution < 1.29 is 15.0 Å². The number of rotatable bonds is 5. The Hall–Kier alpha value is -1.12. The average molecular weight is 200 g/mol. The minimum Gasteiger partial charge on any atom is -0.392 e. The third-order valence-electron chi connectivity index (χ3n) is 1.55. The zero-order valence-electron chi connectivity index (χ0n) is 8.47. The van der Waals surface area contributed by atoms with Gasteiger partial charge >= 0.3 is 0 Å². The lowest BCUT2D eigenvalue weighted by atomic mass is 10.2. The monoisotopic (exact) mass is 200 g/mol. The van der Waals surface area contributed by atoms with Gasteiger partial charge in [0.2, 0.25) is 5.91 Å². The standard InChI is InChI=1S/C9H16N2O3/c1-7(12)5-11(6-8(2)13)9(14)3-4-10/h7-8,12-13H,3,5-6H2,1-2H3. The second kappa shape index (κ2) is 6.35. The van der Waals surface area contributed by atoms with E-state index >= 15 is 0 Å². The molecule has 1 amide bonds. The fourth-order valence-electron chi connectivity index (χ4n) is 1.10. The summed E-state index contributed by atoms with van der Waals surface area (Å²) in [4.78, 5) is 12.6. The number of carbonyl (C=O) groups is 1. The zero-order valence-corrected chi connectivity index (χ0v) is 8.47. The normalized spacial score (nSPS) is 14.2. The van der Waals surface area contributed by atoms with Gasteiger partial charge in [-0.25, -0.2) is 0 Å². The van der Waals surface area contributed by atoms with Crippen molar-refractivity contribution >= 4 is 5.91 Å². The van der Waals surface area contributed by atoms with E-state index in [9.17, 15) is 4.79 Å². The summed E-state index contributed by atoms with van der Waals surface area (Å²) in [5.74, 6) is -0.366. The predicted molar refractivity (Wildman–Crippen MR) is 50.2 cm³/mol. The molecule has 0 aliphatic heterocycles. The average Bonchev–Trinajstić information content (AvgIpc) is 2.01. The van der Waals surface area contributed by atoms with E-state index in [4.69, 9.17) is 15.5 Å². The number of hydrogen-bond acceptors (Lipinski definition) is 4. The molecule has 0 aliphatic carbocycles. The topological polar surface area (TPSA) is 84.6 Å². The highest BCUT2D eigenvalue weighted by molar-refractivity contribution is 5.78. The van der Waals surface area contributed by atoms with Crippen molar-refractivity contribution in [2.45, 2.75) is 32.5 Å². The van der Waals surface area contributed by atoms with Gasteiger partial charge in [-0.15, -0.1) is 0 Å². The molecule has 0 rings (SSSR count). The van der Waals surface area contributed by atoms with E-state index in [-0.39, 0.29) is 25.4 Å². The largest absolute Gasteiger partial charge is 0.392 e. The Kier molecular flexibility index (Phi) is 5.84. The number of aliphatic hydroxyl groups excluding tert-OH is 2. The Morgan fingerprint density at radius 3 is 2.07 bits per heavy atom. The zero-order chi connectivity index (χ0) is 11.1. The van der Waals surface area contributed by atoms with Crippen LogP contribution in [0.25, 0.3) is 0 Å². The summed E-state index contributed by atoms with van der Waals surface area (Å²) < 4.78 is 0. The van der Waals surface area contributed by atoms with Crippen LogP contribution in [0.3, 0.4) is 0 Å². The van der Waals surface area contributed by atoms with Crippen molar-refractivity contribution in [1.29, 1.82) is 5.26 Å². The van der Waals surface area contributed by atoms with Gasteiger partial charge in [-0.1, -0.05) is 0 Å². The maximum Gasteiger partial charge on any atom is 0.236 e. The first-order valence-electron chi connectivity index (χ1n) is 4.48. The fraction of sp³-hybridized carbons (Fsp3) is 0.778. The van der Waals surface area contributed by atoms with Gasteiger partial charge in [-0.2, -0.15) is 5.26 Å². The molecule has 14 heavy (non-hydrogen) atoms. The van der Waals surface area contributed by atoms with Gasteiger partial charge in [0, 0.05) is 13.1 Å². The summed E-state index contributed by atoms with van der Waals surface area (Å²) >= 11 is 0. The van der Waals surface area contributed by atoms with Gasteiger partial charge in [0.05, 0.1) is 18.3 Å². The van der Waals surface area contributed by atoms with Crippen LogP contribution in [-0.4, -0.2) is 46.3 Å². The molecule has 0 bridgehead atoms. The van der Waals surface area contributed by atoms with Crippen LogP contribution in [0.4, 0.5) is 0 Å². The highest BCUT2D eigenvalue weighted by atomic mass is 16.3. The molecule has 0 spiro atoms. The van der Waals surface area contributed by atoms with Crippen molar-refractivity contribution in [3.63, 3.8) is 0 Å². The van der Waals surface area contributed by atoms with Crippen LogP contribution in [0.1, 0.15) is 20.3 Å². The van der Waals surface area contributed by atoms with Crippen molar-refractivity contribution in [2.75, 3.05) is 13.1 Å². The van der Waals surface area contributed by atoms with Crippen LogP contribution in [0.2, 0.25) is 0 Å². The molecular formula is C9H16N2O3. The van der Waals surface area contributed by atoms with Crippen LogP contribution in [0.5, 0.6) is 0 Å². The number of aliphatic hydroxyl groups is 2. The Labute approximate surface area is 83.6 Å². The highest BCUT2D eigenvalue weighted by Crippen LogP contribution is 1.99. The van der Waals surface area contributed by atoms with Gasteiger partial charge < -0.3 is 15.1 Å². The van der Waals surface area contributed by atoms with Crippen LogP contribution in [0.15, 0.2) is 0 Å². The molecule has 5 nitrogen and oxygen atoms in total. The summed E-state index contributed by atoms with van der Waals surface area (Å²) in [5.41, 5.74) is 0. The van der Waals surface area contributed by atoms with E-state index in [1.54, 1.807) is 19.9 Å². The first-order valence-corrected chi connectivity index (χ1v) is 4.48. The van der Waals surface area contributed by atoms with Crippen LogP contribution < -0.4 is 0 Å². The Morgan fingerprint density at radius 1 is 1.36 bits per heavy atom. The van der Waals surface area contributed by atoms with Gasteiger partial charge in [0.1, 0.15) is 6.42 Å². The first-order chi connectivity index (χ1) is 6.47. The van der Waals surface area contributed by atoms with E-state index in [1.807, 2.05) is 0 Å². The molecule has 0 heterocycles. The van der Waals surface area contributed by atoms with Crippen molar-refractivity contribution in [3.05, 3.63) is 0 Å². The minimum atomic E-state index is -0.656. The maximum atomic E-state index is 11.3. The molecule has 80 valence electrons. The van der Waals surface area contributed by atoms with Crippen LogP contribution in [-0.2, 0) is 4.79 Å². The SMILES string of the molecule is CC(O)CN(CC(C)O)C(=O)CC#N. The van der Waals surface area contributed by atoms with Crippen LogP contribution in [0, 0.1) is 11.3 Å². The number of nitriles is 1. The Morgan fingerprint density at radius 2 is 1.79 bits per heavy atom. The number of amides is 1.